The summed E-state index contributed by atoms with van der Waals surface area (Å²) in [5, 5.41) is 0. The van der Waals surface area contributed by atoms with Gasteiger partial charge in [0.15, 0.2) is 0 Å². The first kappa shape index (κ1) is 40.9. The van der Waals surface area contributed by atoms with Gasteiger partial charge in [-0.05, 0) is 53.9 Å². The van der Waals surface area contributed by atoms with Crippen LogP contribution in [0.2, 0.25) is 0 Å². The van der Waals surface area contributed by atoms with E-state index in [1.54, 1.807) is 16.7 Å². The molecule has 0 unspecified atom stereocenters. The maximum Gasteiger partial charge on any atom is 0.0184 e. The molecule has 0 radical (unpaired) electrons. The number of aryl methyl sites for hydroxylation is 1. The lowest BCUT2D eigenvalue weighted by Gasteiger charge is -2.11. The van der Waals surface area contributed by atoms with E-state index in [1.807, 2.05) is 0 Å². The highest BCUT2D eigenvalue weighted by Gasteiger charge is 2.04. The largest absolute Gasteiger partial charge is 0.157 e. The summed E-state index contributed by atoms with van der Waals surface area (Å²) in [5.74, 6) is 5.08. The zero-order valence-corrected chi connectivity index (χ0v) is 31.3. The van der Waals surface area contributed by atoms with E-state index in [9.17, 15) is 0 Å². The molecule has 0 bridgehead atoms. The van der Waals surface area contributed by atoms with Crippen LogP contribution in [0.5, 0.6) is 0 Å². The van der Waals surface area contributed by atoms with Crippen molar-refractivity contribution in [2.75, 3.05) is 11.5 Å². The van der Waals surface area contributed by atoms with Crippen LogP contribution in [0.1, 0.15) is 211 Å². The van der Waals surface area contributed by atoms with Crippen LogP contribution in [-0.4, -0.2) is 11.5 Å². The van der Waals surface area contributed by atoms with Crippen LogP contribution in [0.4, 0.5) is 0 Å². The number of benzene rings is 1. The molecule has 0 nitrogen and oxygen atoms in total. The third-order valence-corrected chi connectivity index (χ3v) is 11.2. The van der Waals surface area contributed by atoms with E-state index < -0.39 is 0 Å². The van der Waals surface area contributed by atoms with Crippen LogP contribution in [0.15, 0.2) is 18.2 Å². The molecule has 0 heterocycles. The van der Waals surface area contributed by atoms with Gasteiger partial charge in [-0.3, -0.25) is 0 Å². The van der Waals surface area contributed by atoms with E-state index >= 15 is 0 Å². The van der Waals surface area contributed by atoms with Crippen molar-refractivity contribution in [1.29, 1.82) is 0 Å². The van der Waals surface area contributed by atoms with Crippen LogP contribution in [0, 0.1) is 0 Å². The fourth-order valence-electron chi connectivity index (χ4n) is 6.20. The molecule has 0 saturated heterocycles. The highest BCUT2D eigenvalue weighted by Crippen LogP contribution is 2.23. The van der Waals surface area contributed by atoms with Crippen LogP contribution >= 0.6 is 23.5 Å². The zero-order chi connectivity index (χ0) is 30.9. The van der Waals surface area contributed by atoms with Crippen LogP contribution in [0.25, 0.3) is 0 Å². The molecule has 2 heteroatoms. The number of rotatable bonds is 34. The second-order valence-corrected chi connectivity index (χ2v) is 15.7. The number of unbranched alkanes of at least 4 members (excludes halogenated alkanes) is 24. The van der Waals surface area contributed by atoms with Gasteiger partial charge in [0.25, 0.3) is 0 Å². The molecule has 0 saturated carbocycles. The van der Waals surface area contributed by atoms with Gasteiger partial charge in [-0.1, -0.05) is 193 Å². The van der Waals surface area contributed by atoms with Gasteiger partial charge in [0.1, 0.15) is 0 Å². The molecule has 0 aliphatic heterocycles. The van der Waals surface area contributed by atoms with Gasteiger partial charge in [-0.25, -0.2) is 0 Å². The van der Waals surface area contributed by atoms with Crippen molar-refractivity contribution in [3.05, 3.63) is 34.9 Å². The summed E-state index contributed by atoms with van der Waals surface area (Å²) in [6.45, 7) is 6.94. The van der Waals surface area contributed by atoms with Crippen molar-refractivity contribution in [2.45, 2.75) is 212 Å². The van der Waals surface area contributed by atoms with Gasteiger partial charge in [0.2, 0.25) is 0 Å². The van der Waals surface area contributed by atoms with E-state index in [4.69, 9.17) is 0 Å². The Morgan fingerprint density at radius 1 is 0.326 bits per heavy atom. The molecule has 1 aromatic rings. The second-order valence-electron chi connectivity index (χ2n) is 13.5. The van der Waals surface area contributed by atoms with E-state index in [2.05, 4.69) is 62.5 Å². The van der Waals surface area contributed by atoms with Crippen molar-refractivity contribution < 1.29 is 0 Å². The quantitative estimate of drug-likeness (QED) is 0.0693. The summed E-state index contributed by atoms with van der Waals surface area (Å²) in [6, 6.07) is 7.66. The minimum atomic E-state index is 1.21. The molecule has 0 atom stereocenters. The first-order valence-electron chi connectivity index (χ1n) is 19.6. The summed E-state index contributed by atoms with van der Waals surface area (Å²) in [7, 11) is 0. The summed E-state index contributed by atoms with van der Waals surface area (Å²) in [6.07, 6.45) is 39.8. The molecule has 0 spiro atoms. The molecular weight excluding hydrogens is 557 g/mol. The predicted molar refractivity (Wildman–Crippen MR) is 204 cm³/mol. The first-order chi connectivity index (χ1) is 21.3. The summed E-state index contributed by atoms with van der Waals surface area (Å²) < 4.78 is 0. The zero-order valence-electron chi connectivity index (χ0n) is 29.7. The smallest absolute Gasteiger partial charge is 0.0184 e. The number of hydrogen-bond acceptors (Lipinski definition) is 2. The number of hydrogen-bond donors (Lipinski definition) is 0. The fourth-order valence-corrected chi connectivity index (χ4v) is 8.11. The second kappa shape index (κ2) is 33.3. The van der Waals surface area contributed by atoms with Crippen LogP contribution < -0.4 is 0 Å². The third kappa shape index (κ3) is 27.9. The molecular formula is C41H76S2. The molecule has 43 heavy (non-hydrogen) atoms. The average molecular weight is 633 g/mol. The lowest BCUT2D eigenvalue weighted by molar-refractivity contribution is 0.563. The van der Waals surface area contributed by atoms with Gasteiger partial charge in [-0.15, -0.1) is 0 Å². The Hall–Kier alpha value is -0.0800. The number of thioether (sulfide) groups is 2. The maximum atomic E-state index is 2.55. The lowest BCUT2D eigenvalue weighted by atomic mass is 10.0. The minimum absolute atomic E-state index is 1.21. The third-order valence-electron chi connectivity index (χ3n) is 9.00. The van der Waals surface area contributed by atoms with Gasteiger partial charge in [0, 0.05) is 11.5 Å². The van der Waals surface area contributed by atoms with Crippen molar-refractivity contribution in [3.63, 3.8) is 0 Å². The highest BCUT2D eigenvalue weighted by molar-refractivity contribution is 7.98. The van der Waals surface area contributed by atoms with E-state index in [0.29, 0.717) is 0 Å². The monoisotopic (exact) mass is 633 g/mol. The van der Waals surface area contributed by atoms with Crippen LogP contribution in [0.3, 0.4) is 0 Å². The lowest BCUT2D eigenvalue weighted by Crippen LogP contribution is -1.95. The van der Waals surface area contributed by atoms with Crippen molar-refractivity contribution >= 4 is 23.5 Å². The summed E-state index contributed by atoms with van der Waals surface area (Å²) in [5.41, 5.74) is 4.79. The van der Waals surface area contributed by atoms with Gasteiger partial charge >= 0.3 is 0 Å². The van der Waals surface area contributed by atoms with Crippen molar-refractivity contribution in [2.24, 2.45) is 0 Å². The molecule has 0 aliphatic rings. The topological polar surface area (TPSA) is 0 Å². The summed E-state index contributed by atoms with van der Waals surface area (Å²) in [4.78, 5) is 0. The van der Waals surface area contributed by atoms with Crippen LogP contribution in [-0.2, 0) is 17.9 Å². The molecule has 0 amide bonds. The van der Waals surface area contributed by atoms with Gasteiger partial charge in [-0.2, -0.15) is 23.5 Å². The molecule has 0 aromatic heterocycles. The van der Waals surface area contributed by atoms with E-state index in [-0.39, 0.29) is 0 Å². The molecule has 252 valence electrons. The minimum Gasteiger partial charge on any atom is -0.157 e. The van der Waals surface area contributed by atoms with E-state index in [1.165, 1.54) is 203 Å². The first-order valence-corrected chi connectivity index (χ1v) is 21.9. The van der Waals surface area contributed by atoms with Crippen molar-refractivity contribution in [3.8, 4) is 0 Å². The molecule has 0 aliphatic carbocycles. The maximum absolute atomic E-state index is 2.55. The molecule has 0 fully saturated rings. The van der Waals surface area contributed by atoms with Gasteiger partial charge in [0.05, 0.1) is 0 Å². The Morgan fingerprint density at radius 3 is 0.953 bits per heavy atom. The Kier molecular flexibility index (Phi) is 31.7. The average Bonchev–Trinajstić information content (AvgIpc) is 3.01. The normalized spacial score (nSPS) is 11.5. The Balaban J connectivity index is 2.31. The summed E-state index contributed by atoms with van der Waals surface area (Å²) >= 11 is 4.36. The Bertz CT molecular complexity index is 638. The SMILES string of the molecule is CCCCCCCCCCCCSCc1cc(CCCCCCCCC)cc(CSCCCCCCCCCCCC)c1. The van der Waals surface area contributed by atoms with Gasteiger partial charge < -0.3 is 0 Å². The Labute approximate surface area is 280 Å². The molecule has 1 aromatic carbocycles. The van der Waals surface area contributed by atoms with Crippen molar-refractivity contribution in [1.82, 2.24) is 0 Å². The van der Waals surface area contributed by atoms with E-state index in [0.717, 1.165) is 0 Å². The Morgan fingerprint density at radius 2 is 0.605 bits per heavy atom. The molecule has 1 rings (SSSR count). The molecule has 0 N–H and O–H groups in total. The standard InChI is InChI=1S/C41H76S2/c1-4-7-10-13-16-18-20-23-26-29-32-42-37-40-34-39(31-28-25-22-15-12-9-6-3)35-41(36-40)38-43-33-30-27-24-21-19-17-14-11-8-5-2/h34-36H,4-33,37-38H2,1-3H3. The predicted octanol–water partition coefficient (Wildman–Crippen LogP) is 15.3. The fraction of sp³-hybridized carbons (Fsp3) is 0.854. The highest BCUT2D eigenvalue weighted by atomic mass is 32.2.